The first-order chi connectivity index (χ1) is 21.4. The van der Waals surface area contributed by atoms with E-state index < -0.39 is 29.3 Å². The molecule has 4 N–H and O–H groups in total. The minimum atomic E-state index is -1.21. The van der Waals surface area contributed by atoms with Gasteiger partial charge >= 0.3 is 5.97 Å². The molecule has 0 radical (unpaired) electrons. The number of benzene rings is 3. The lowest BCUT2D eigenvalue weighted by Crippen LogP contribution is -2.57. The summed E-state index contributed by atoms with van der Waals surface area (Å²) in [5.41, 5.74) is 1.16. The van der Waals surface area contributed by atoms with Crippen molar-refractivity contribution in [1.82, 2.24) is 20.2 Å². The molecule has 1 aliphatic heterocycles. The highest BCUT2D eigenvalue weighted by molar-refractivity contribution is 8.02. The Morgan fingerprint density at radius 2 is 1.80 bits per heavy atom. The average Bonchev–Trinajstić information content (AvgIpc) is 3.06. The molecule has 4 aromatic rings. The Morgan fingerprint density at radius 1 is 1.07 bits per heavy atom. The zero-order valence-electron chi connectivity index (χ0n) is 23.5. The van der Waals surface area contributed by atoms with E-state index in [1.807, 2.05) is 6.07 Å². The van der Waals surface area contributed by atoms with E-state index in [1.54, 1.807) is 85.1 Å². The van der Waals surface area contributed by atoms with E-state index in [0.29, 0.717) is 45.8 Å². The Kier molecular flexibility index (Phi) is 9.57. The number of amides is 2. The number of aromatic nitrogens is 2. The SMILES string of the molecule is CC(NC(=O)COc1ccccc1)C1SC=C(COc2ccccc2-c2nc3ccccc3c(=O)[nH]2)C(C(=O)ON)N1C=O. The number of aromatic amines is 1. The van der Waals surface area contributed by atoms with Crippen LogP contribution in [-0.2, 0) is 19.2 Å². The molecule has 0 saturated carbocycles. The molecule has 0 aliphatic carbocycles. The van der Waals surface area contributed by atoms with Crippen LogP contribution < -0.4 is 26.2 Å². The summed E-state index contributed by atoms with van der Waals surface area (Å²) in [6.45, 7) is 1.36. The maximum Gasteiger partial charge on any atom is 0.351 e. The van der Waals surface area contributed by atoms with E-state index in [2.05, 4.69) is 20.1 Å². The van der Waals surface area contributed by atoms with Gasteiger partial charge in [-0.25, -0.2) is 9.78 Å². The molecular formula is C31H29N5O7S. The molecule has 3 aromatic carbocycles. The fourth-order valence-electron chi connectivity index (χ4n) is 4.77. The number of thioether (sulfide) groups is 1. The summed E-state index contributed by atoms with van der Waals surface area (Å²) in [6, 6.07) is 21.1. The zero-order chi connectivity index (χ0) is 31.1. The van der Waals surface area contributed by atoms with Gasteiger partial charge in [0.15, 0.2) is 12.6 Å². The number of nitrogens with one attached hydrogen (secondary N) is 2. The van der Waals surface area contributed by atoms with Crippen molar-refractivity contribution in [3.05, 3.63) is 100 Å². The van der Waals surface area contributed by atoms with Crippen LogP contribution in [-0.4, -0.2) is 63.8 Å². The summed E-state index contributed by atoms with van der Waals surface area (Å²) < 4.78 is 11.6. The predicted octanol–water partition coefficient (Wildman–Crippen LogP) is 2.75. The number of nitrogens with zero attached hydrogens (tertiary/aromatic N) is 2. The smallest absolute Gasteiger partial charge is 0.351 e. The number of nitrogens with two attached hydrogens (primary N) is 1. The van der Waals surface area contributed by atoms with Gasteiger partial charge in [-0.1, -0.05) is 42.5 Å². The Morgan fingerprint density at radius 3 is 2.57 bits per heavy atom. The third-order valence-electron chi connectivity index (χ3n) is 6.84. The van der Waals surface area contributed by atoms with E-state index in [0.717, 1.165) is 0 Å². The second-order valence-corrected chi connectivity index (χ2v) is 10.8. The number of ether oxygens (including phenoxy) is 2. The number of rotatable bonds is 11. The number of H-pyrrole nitrogens is 1. The highest BCUT2D eigenvalue weighted by Gasteiger charge is 2.41. The van der Waals surface area contributed by atoms with Gasteiger partial charge in [-0.3, -0.25) is 14.4 Å². The van der Waals surface area contributed by atoms with Gasteiger partial charge in [0.25, 0.3) is 11.5 Å². The van der Waals surface area contributed by atoms with Crippen LogP contribution >= 0.6 is 11.8 Å². The van der Waals surface area contributed by atoms with Crippen molar-refractivity contribution in [2.45, 2.75) is 24.4 Å². The fraction of sp³-hybridized carbons (Fsp3) is 0.194. The third kappa shape index (κ3) is 6.74. The largest absolute Gasteiger partial charge is 0.488 e. The lowest BCUT2D eigenvalue weighted by molar-refractivity contribution is -0.152. The van der Waals surface area contributed by atoms with E-state index >= 15 is 0 Å². The lowest BCUT2D eigenvalue weighted by atomic mass is 10.1. The fourth-order valence-corrected chi connectivity index (χ4v) is 5.90. The monoisotopic (exact) mass is 615 g/mol. The molecule has 3 unspecified atom stereocenters. The summed E-state index contributed by atoms with van der Waals surface area (Å²) in [7, 11) is 0. The molecule has 0 fully saturated rings. The van der Waals surface area contributed by atoms with E-state index in [-0.39, 0.29) is 18.8 Å². The maximum absolute atomic E-state index is 12.8. The normalized spacial score (nSPS) is 16.9. The third-order valence-corrected chi connectivity index (χ3v) is 8.21. The van der Waals surface area contributed by atoms with Crippen LogP contribution in [0.25, 0.3) is 22.3 Å². The van der Waals surface area contributed by atoms with Gasteiger partial charge in [0.1, 0.15) is 29.3 Å². The molecule has 1 aliphatic rings. The van der Waals surface area contributed by atoms with Crippen molar-refractivity contribution in [3.63, 3.8) is 0 Å². The number of hydrogen-bond acceptors (Lipinski definition) is 10. The van der Waals surface area contributed by atoms with Crippen molar-refractivity contribution >= 4 is 41.0 Å². The number of fused-ring (bicyclic) bond motifs is 1. The molecule has 0 spiro atoms. The number of carbonyl (C=O) groups excluding carboxylic acids is 3. The van der Waals surface area contributed by atoms with E-state index in [1.165, 1.54) is 16.7 Å². The quantitative estimate of drug-likeness (QED) is 0.169. The summed E-state index contributed by atoms with van der Waals surface area (Å²) in [4.78, 5) is 63.6. The zero-order valence-corrected chi connectivity index (χ0v) is 24.4. The van der Waals surface area contributed by atoms with Crippen molar-refractivity contribution in [2.75, 3.05) is 13.2 Å². The summed E-state index contributed by atoms with van der Waals surface area (Å²) in [5, 5.41) is 4.29. The number of carbonyl (C=O) groups is 3. The molecule has 1 aromatic heterocycles. The second-order valence-electron chi connectivity index (χ2n) is 9.79. The molecule has 12 nitrogen and oxygen atoms in total. The van der Waals surface area contributed by atoms with Crippen LogP contribution in [0.15, 0.2) is 94.6 Å². The van der Waals surface area contributed by atoms with Crippen LogP contribution in [0.3, 0.4) is 0 Å². The van der Waals surface area contributed by atoms with Gasteiger partial charge in [-0.05, 0) is 48.7 Å². The van der Waals surface area contributed by atoms with Gasteiger partial charge in [-0.2, -0.15) is 5.90 Å². The lowest BCUT2D eigenvalue weighted by Gasteiger charge is -2.40. The molecule has 0 bridgehead atoms. The highest BCUT2D eigenvalue weighted by Crippen LogP contribution is 2.34. The van der Waals surface area contributed by atoms with Gasteiger partial charge in [-0.15, -0.1) is 11.8 Å². The standard InChI is InChI=1S/C31H29N5O7S/c1-19(33-26(38)16-41-21-9-3-2-4-10-21)30-36(18-37)27(31(40)43-32)20(17-44-30)15-42-25-14-8-6-12-23(25)28-34-24-13-7-5-11-22(24)29(39)35-28/h2-14,17-19,27,30H,15-16,32H2,1H3,(H,33,38)(H,34,35,39). The second kappa shape index (κ2) is 13.9. The first kappa shape index (κ1) is 30.3. The minimum Gasteiger partial charge on any atom is -0.488 e. The predicted molar refractivity (Wildman–Crippen MR) is 164 cm³/mol. The average molecular weight is 616 g/mol. The molecule has 13 heteroatoms. The molecule has 3 atom stereocenters. The summed E-state index contributed by atoms with van der Waals surface area (Å²) in [5.74, 6) is 5.21. The van der Waals surface area contributed by atoms with Crippen molar-refractivity contribution in [2.24, 2.45) is 5.90 Å². The van der Waals surface area contributed by atoms with Crippen LogP contribution in [0, 0.1) is 0 Å². The maximum atomic E-state index is 12.8. The van der Waals surface area contributed by atoms with Gasteiger partial charge in [0, 0.05) is 5.57 Å². The highest BCUT2D eigenvalue weighted by atomic mass is 32.2. The molecular weight excluding hydrogens is 586 g/mol. The van der Waals surface area contributed by atoms with E-state index in [9.17, 15) is 19.2 Å². The van der Waals surface area contributed by atoms with E-state index in [4.69, 9.17) is 15.4 Å². The van der Waals surface area contributed by atoms with Crippen LogP contribution in [0.4, 0.5) is 0 Å². The Hall–Kier alpha value is -5.14. The molecule has 0 saturated heterocycles. The van der Waals surface area contributed by atoms with Crippen molar-refractivity contribution < 1.29 is 28.7 Å². The minimum absolute atomic E-state index is 0.121. The van der Waals surface area contributed by atoms with Crippen LogP contribution in [0.1, 0.15) is 6.92 Å². The van der Waals surface area contributed by atoms with Crippen molar-refractivity contribution in [1.29, 1.82) is 0 Å². The number of hydrogen-bond donors (Lipinski definition) is 3. The molecule has 2 heterocycles. The molecule has 2 amide bonds. The van der Waals surface area contributed by atoms with Gasteiger partial charge < -0.3 is 29.5 Å². The first-order valence-corrected chi connectivity index (χ1v) is 14.5. The van der Waals surface area contributed by atoms with Crippen LogP contribution in [0.5, 0.6) is 11.5 Å². The number of para-hydroxylation sites is 3. The van der Waals surface area contributed by atoms with Crippen molar-refractivity contribution in [3.8, 4) is 22.9 Å². The molecule has 5 rings (SSSR count). The summed E-state index contributed by atoms with van der Waals surface area (Å²) >= 11 is 1.23. The first-order valence-electron chi connectivity index (χ1n) is 13.6. The van der Waals surface area contributed by atoms with Gasteiger partial charge in [0.05, 0.1) is 22.5 Å². The Balaban J connectivity index is 1.33. The van der Waals surface area contributed by atoms with Crippen LogP contribution in [0.2, 0.25) is 0 Å². The summed E-state index contributed by atoms with van der Waals surface area (Å²) in [6.07, 6.45) is 0.507. The Bertz CT molecular complexity index is 1750. The topological polar surface area (TPSA) is 166 Å². The Labute approximate surface area is 256 Å². The molecule has 226 valence electrons. The van der Waals surface area contributed by atoms with Gasteiger partial charge in [0.2, 0.25) is 6.41 Å². The molecule has 44 heavy (non-hydrogen) atoms.